The molecule has 3 nitrogen and oxygen atoms in total. The summed E-state index contributed by atoms with van der Waals surface area (Å²) >= 11 is 5.85. The van der Waals surface area contributed by atoms with E-state index in [-0.39, 0.29) is 24.4 Å². The van der Waals surface area contributed by atoms with Crippen molar-refractivity contribution in [3.63, 3.8) is 0 Å². The highest BCUT2D eigenvalue weighted by molar-refractivity contribution is 6.30. The van der Waals surface area contributed by atoms with Crippen LogP contribution in [0.4, 0.5) is 0 Å². The number of ether oxygens (including phenoxy) is 2. The van der Waals surface area contributed by atoms with Gasteiger partial charge in [0.05, 0.1) is 12.5 Å². The molecule has 1 aromatic carbocycles. The maximum Gasteiger partial charge on any atom is 0.313 e. The Balaban J connectivity index is 2.76. The van der Waals surface area contributed by atoms with Crippen molar-refractivity contribution in [2.75, 3.05) is 20.3 Å². The lowest BCUT2D eigenvalue weighted by Gasteiger charge is -2.19. The molecule has 0 aliphatic heterocycles. The highest BCUT2D eigenvalue weighted by Crippen LogP contribution is 2.27. The van der Waals surface area contributed by atoms with Crippen LogP contribution in [-0.2, 0) is 14.3 Å². The standard InChI is InChI=1S/C14H19ClO3/c1-10(2)13(14(16)18-9-8-17-3)11-4-6-12(15)7-5-11/h4-7,10,13H,8-9H2,1-3H3. The van der Waals surface area contributed by atoms with Crippen molar-refractivity contribution in [3.05, 3.63) is 34.9 Å². The number of benzene rings is 1. The predicted molar refractivity (Wildman–Crippen MR) is 71.9 cm³/mol. The van der Waals surface area contributed by atoms with Gasteiger partial charge in [-0.05, 0) is 23.6 Å². The highest BCUT2D eigenvalue weighted by atomic mass is 35.5. The normalized spacial score (nSPS) is 12.5. The third-order valence-electron chi connectivity index (χ3n) is 2.68. The third kappa shape index (κ3) is 4.31. The second-order valence-corrected chi connectivity index (χ2v) is 4.87. The van der Waals surface area contributed by atoms with Gasteiger partial charge in [-0.3, -0.25) is 4.79 Å². The topological polar surface area (TPSA) is 35.5 Å². The Morgan fingerprint density at radius 1 is 1.22 bits per heavy atom. The van der Waals surface area contributed by atoms with Gasteiger partial charge in [-0.2, -0.15) is 0 Å². The van der Waals surface area contributed by atoms with Gasteiger partial charge in [-0.1, -0.05) is 37.6 Å². The summed E-state index contributed by atoms with van der Waals surface area (Å²) < 4.78 is 10.1. The number of rotatable bonds is 6. The lowest BCUT2D eigenvalue weighted by atomic mass is 9.88. The minimum absolute atomic E-state index is 0.168. The minimum atomic E-state index is -0.265. The van der Waals surface area contributed by atoms with Crippen molar-refractivity contribution in [2.45, 2.75) is 19.8 Å². The average Bonchev–Trinajstić information content (AvgIpc) is 2.32. The molecule has 0 aliphatic carbocycles. The zero-order valence-electron chi connectivity index (χ0n) is 11.0. The molecule has 0 N–H and O–H groups in total. The molecule has 0 bridgehead atoms. The second-order valence-electron chi connectivity index (χ2n) is 4.43. The molecule has 1 unspecified atom stereocenters. The zero-order valence-corrected chi connectivity index (χ0v) is 11.7. The molecule has 1 aromatic rings. The lowest BCUT2D eigenvalue weighted by molar-refractivity contribution is -0.147. The first-order valence-electron chi connectivity index (χ1n) is 5.97. The maximum absolute atomic E-state index is 12.0. The molecule has 0 radical (unpaired) electrons. The Bertz CT molecular complexity index is 373. The monoisotopic (exact) mass is 270 g/mol. The molecule has 0 amide bonds. The first-order valence-corrected chi connectivity index (χ1v) is 6.35. The van der Waals surface area contributed by atoms with Gasteiger partial charge >= 0.3 is 5.97 Å². The molecule has 1 rings (SSSR count). The van der Waals surface area contributed by atoms with E-state index in [2.05, 4.69) is 0 Å². The Morgan fingerprint density at radius 3 is 2.33 bits per heavy atom. The van der Waals surface area contributed by atoms with E-state index in [0.717, 1.165) is 5.56 Å². The largest absolute Gasteiger partial charge is 0.463 e. The number of halogens is 1. The van der Waals surface area contributed by atoms with E-state index in [0.29, 0.717) is 11.6 Å². The Kier molecular flexibility index (Phi) is 6.16. The Morgan fingerprint density at radius 2 is 1.83 bits per heavy atom. The Labute approximate surface area is 113 Å². The van der Waals surface area contributed by atoms with Gasteiger partial charge < -0.3 is 9.47 Å². The van der Waals surface area contributed by atoms with E-state index in [9.17, 15) is 4.79 Å². The quantitative estimate of drug-likeness (QED) is 0.588. The van der Waals surface area contributed by atoms with Gasteiger partial charge in [-0.25, -0.2) is 0 Å². The molecule has 0 aliphatic rings. The predicted octanol–water partition coefficient (Wildman–Crippen LogP) is 3.27. The van der Waals surface area contributed by atoms with Crippen molar-refractivity contribution in [2.24, 2.45) is 5.92 Å². The van der Waals surface area contributed by atoms with E-state index in [4.69, 9.17) is 21.1 Å². The van der Waals surface area contributed by atoms with Crippen LogP contribution >= 0.6 is 11.6 Å². The van der Waals surface area contributed by atoms with Crippen molar-refractivity contribution >= 4 is 17.6 Å². The molecular formula is C14H19ClO3. The van der Waals surface area contributed by atoms with E-state index in [1.165, 1.54) is 0 Å². The number of esters is 1. The second kappa shape index (κ2) is 7.39. The molecule has 0 aromatic heterocycles. The summed E-state index contributed by atoms with van der Waals surface area (Å²) in [7, 11) is 1.58. The summed E-state index contributed by atoms with van der Waals surface area (Å²) in [5, 5.41) is 0.661. The summed E-state index contributed by atoms with van der Waals surface area (Å²) in [6, 6.07) is 7.30. The van der Waals surface area contributed by atoms with E-state index < -0.39 is 0 Å². The Hall–Kier alpha value is -1.06. The minimum Gasteiger partial charge on any atom is -0.463 e. The molecule has 0 spiro atoms. The molecule has 0 fully saturated rings. The molecule has 100 valence electrons. The number of methoxy groups -OCH3 is 1. The summed E-state index contributed by atoms with van der Waals surface area (Å²) in [5.41, 5.74) is 0.928. The van der Waals surface area contributed by atoms with Crippen LogP contribution in [0.25, 0.3) is 0 Å². The van der Waals surface area contributed by atoms with Crippen LogP contribution in [0.1, 0.15) is 25.3 Å². The fourth-order valence-electron chi connectivity index (χ4n) is 1.78. The molecule has 0 saturated carbocycles. The number of carbonyl (C=O) groups excluding carboxylic acids is 1. The lowest BCUT2D eigenvalue weighted by Crippen LogP contribution is -2.22. The van der Waals surface area contributed by atoms with E-state index >= 15 is 0 Å². The van der Waals surface area contributed by atoms with E-state index in [1.54, 1.807) is 19.2 Å². The SMILES string of the molecule is COCCOC(=O)C(c1ccc(Cl)cc1)C(C)C. The molecule has 0 saturated heterocycles. The van der Waals surface area contributed by atoms with Crippen LogP contribution in [0.5, 0.6) is 0 Å². The number of hydrogen-bond donors (Lipinski definition) is 0. The van der Waals surface area contributed by atoms with Crippen LogP contribution < -0.4 is 0 Å². The molecule has 18 heavy (non-hydrogen) atoms. The number of hydrogen-bond acceptors (Lipinski definition) is 3. The van der Waals surface area contributed by atoms with Crippen molar-refractivity contribution < 1.29 is 14.3 Å². The highest BCUT2D eigenvalue weighted by Gasteiger charge is 2.25. The van der Waals surface area contributed by atoms with Gasteiger partial charge in [0.25, 0.3) is 0 Å². The van der Waals surface area contributed by atoms with Gasteiger partial charge in [0.15, 0.2) is 0 Å². The van der Waals surface area contributed by atoms with Crippen LogP contribution in [-0.4, -0.2) is 26.3 Å². The summed E-state index contributed by atoms with van der Waals surface area (Å²) in [6.07, 6.45) is 0. The fraction of sp³-hybridized carbons (Fsp3) is 0.500. The summed E-state index contributed by atoms with van der Waals surface area (Å²) in [6.45, 7) is 4.69. The summed E-state index contributed by atoms with van der Waals surface area (Å²) in [5.74, 6) is -0.315. The first-order chi connectivity index (χ1) is 8.56. The zero-order chi connectivity index (χ0) is 13.5. The fourth-order valence-corrected chi connectivity index (χ4v) is 1.90. The molecular weight excluding hydrogens is 252 g/mol. The molecule has 4 heteroatoms. The van der Waals surface area contributed by atoms with Crippen LogP contribution in [0.2, 0.25) is 5.02 Å². The van der Waals surface area contributed by atoms with Crippen LogP contribution in [0, 0.1) is 5.92 Å². The third-order valence-corrected chi connectivity index (χ3v) is 2.93. The van der Waals surface area contributed by atoms with E-state index in [1.807, 2.05) is 26.0 Å². The number of carbonyl (C=O) groups is 1. The van der Waals surface area contributed by atoms with Crippen LogP contribution in [0.3, 0.4) is 0 Å². The van der Waals surface area contributed by atoms with Crippen LogP contribution in [0.15, 0.2) is 24.3 Å². The molecule has 1 atom stereocenters. The van der Waals surface area contributed by atoms with Gasteiger partial charge in [-0.15, -0.1) is 0 Å². The summed E-state index contributed by atoms with van der Waals surface area (Å²) in [4.78, 5) is 12.0. The molecule has 0 heterocycles. The maximum atomic E-state index is 12.0. The van der Waals surface area contributed by atoms with Gasteiger partial charge in [0.2, 0.25) is 0 Å². The first kappa shape index (κ1) is 15.0. The van der Waals surface area contributed by atoms with Gasteiger partial charge in [0, 0.05) is 12.1 Å². The smallest absolute Gasteiger partial charge is 0.313 e. The average molecular weight is 271 g/mol. The van der Waals surface area contributed by atoms with Crippen molar-refractivity contribution in [3.8, 4) is 0 Å². The van der Waals surface area contributed by atoms with Crippen molar-refractivity contribution in [1.82, 2.24) is 0 Å². The van der Waals surface area contributed by atoms with Gasteiger partial charge in [0.1, 0.15) is 6.61 Å². The van der Waals surface area contributed by atoms with Crippen molar-refractivity contribution in [1.29, 1.82) is 0 Å².